The van der Waals surface area contributed by atoms with Gasteiger partial charge >= 0.3 is 36.1 Å². The van der Waals surface area contributed by atoms with Crippen molar-refractivity contribution < 1.29 is 66.7 Å². The number of benzene rings is 1. The molecule has 0 aliphatic rings. The highest BCUT2D eigenvalue weighted by molar-refractivity contribution is 6.54. The summed E-state index contributed by atoms with van der Waals surface area (Å²) in [7, 11) is 0. The Kier molecular flexibility index (Phi) is 21.6. The van der Waals surface area contributed by atoms with Crippen LogP contribution in [0.4, 0.5) is 9.59 Å². The van der Waals surface area contributed by atoms with Crippen LogP contribution in [0.5, 0.6) is 0 Å². The number of esters is 4. The SMILES string of the molecule is C=C(C)C(=O)OCCNC(=O)OCCOCCOC(=O)c1c(Cl)c(Cl)c(Cl)c(Cl)c1C(=O)OCCOCCOC(=O)NCCOC(=O)C(=C)C. The Bertz CT molecular complexity index is 1300. The number of amides is 2. The normalized spacial score (nSPS) is 10.4. The fraction of sp³-hybridized carbons (Fsp3) is 0.467. The van der Waals surface area contributed by atoms with Crippen LogP contribution in [0, 0.1) is 0 Å². The van der Waals surface area contributed by atoms with Gasteiger partial charge < -0.3 is 48.5 Å². The molecule has 0 bridgehead atoms. The monoisotopic (exact) mass is 788 g/mol. The van der Waals surface area contributed by atoms with E-state index in [1.165, 1.54) is 13.8 Å². The fourth-order valence-corrected chi connectivity index (χ4v) is 4.09. The molecular weight excluding hydrogens is 754 g/mol. The number of hydrogen-bond acceptors (Lipinski definition) is 14. The minimum absolute atomic E-state index is 0.0249. The second kappa shape index (κ2) is 24.4. The van der Waals surface area contributed by atoms with Crippen LogP contribution in [0.25, 0.3) is 0 Å². The molecular formula is C30H36Cl4N2O14. The molecule has 0 saturated heterocycles. The lowest BCUT2D eigenvalue weighted by Crippen LogP contribution is -2.29. The lowest BCUT2D eigenvalue weighted by molar-refractivity contribution is -0.139. The van der Waals surface area contributed by atoms with Gasteiger partial charge in [-0.05, 0) is 13.8 Å². The number of carbonyl (C=O) groups excluding carboxylic acids is 6. The molecule has 278 valence electrons. The number of halogens is 4. The van der Waals surface area contributed by atoms with Crippen molar-refractivity contribution in [2.75, 3.05) is 79.2 Å². The molecule has 0 atom stereocenters. The van der Waals surface area contributed by atoms with Crippen LogP contribution in [0.2, 0.25) is 20.1 Å². The molecule has 0 aromatic heterocycles. The molecule has 2 amide bonds. The van der Waals surface area contributed by atoms with Crippen molar-refractivity contribution in [3.8, 4) is 0 Å². The van der Waals surface area contributed by atoms with Gasteiger partial charge in [-0.15, -0.1) is 0 Å². The van der Waals surface area contributed by atoms with Gasteiger partial charge in [0.15, 0.2) is 0 Å². The van der Waals surface area contributed by atoms with Crippen molar-refractivity contribution in [3.05, 3.63) is 55.5 Å². The molecule has 0 heterocycles. The molecule has 0 saturated carbocycles. The zero-order chi connectivity index (χ0) is 37.6. The van der Waals surface area contributed by atoms with Crippen LogP contribution in [0.15, 0.2) is 24.3 Å². The Morgan fingerprint density at radius 1 is 0.480 bits per heavy atom. The third-order valence-corrected chi connectivity index (χ3v) is 7.23. The van der Waals surface area contributed by atoms with Gasteiger partial charge in [-0.1, -0.05) is 59.6 Å². The minimum Gasteiger partial charge on any atom is -0.460 e. The van der Waals surface area contributed by atoms with Gasteiger partial charge in [0.2, 0.25) is 0 Å². The summed E-state index contributed by atoms with van der Waals surface area (Å²) in [6.07, 6.45) is -1.54. The Labute approximate surface area is 307 Å². The minimum atomic E-state index is -1.09. The van der Waals surface area contributed by atoms with Crippen LogP contribution in [-0.4, -0.2) is 115 Å². The molecule has 1 aromatic rings. The van der Waals surface area contributed by atoms with E-state index >= 15 is 0 Å². The number of carbonyl (C=O) groups is 6. The summed E-state index contributed by atoms with van der Waals surface area (Å²) in [5.74, 6) is -3.34. The topological polar surface area (TPSA) is 200 Å². The summed E-state index contributed by atoms with van der Waals surface area (Å²) in [4.78, 5) is 71.6. The number of hydrogen-bond donors (Lipinski definition) is 2. The molecule has 1 rings (SSSR count). The molecule has 0 aliphatic carbocycles. The lowest BCUT2D eigenvalue weighted by atomic mass is 10.1. The Morgan fingerprint density at radius 2 is 0.800 bits per heavy atom. The van der Waals surface area contributed by atoms with Crippen LogP contribution < -0.4 is 10.6 Å². The molecule has 0 spiro atoms. The number of nitrogens with one attached hydrogen (secondary N) is 2. The van der Waals surface area contributed by atoms with Crippen LogP contribution in [0.1, 0.15) is 34.6 Å². The van der Waals surface area contributed by atoms with Crippen molar-refractivity contribution in [2.24, 2.45) is 0 Å². The first-order valence-corrected chi connectivity index (χ1v) is 16.0. The lowest BCUT2D eigenvalue weighted by Gasteiger charge is -2.15. The molecule has 0 fully saturated rings. The molecule has 0 radical (unpaired) electrons. The second-order valence-corrected chi connectivity index (χ2v) is 11.0. The van der Waals surface area contributed by atoms with E-state index in [0.717, 1.165) is 0 Å². The maximum atomic E-state index is 12.9. The summed E-state index contributed by atoms with van der Waals surface area (Å²) in [5, 5.41) is 3.32. The quantitative estimate of drug-likeness (QED) is 0.0420. The van der Waals surface area contributed by atoms with Gasteiger partial charge in [0.25, 0.3) is 0 Å². The van der Waals surface area contributed by atoms with E-state index in [1.54, 1.807) is 0 Å². The van der Waals surface area contributed by atoms with Gasteiger partial charge in [-0.25, -0.2) is 28.8 Å². The zero-order valence-corrected chi connectivity index (χ0v) is 30.2. The van der Waals surface area contributed by atoms with Gasteiger partial charge in [0.1, 0.15) is 39.6 Å². The first-order chi connectivity index (χ1) is 23.7. The predicted octanol–water partition coefficient (Wildman–Crippen LogP) is 4.34. The third-order valence-electron chi connectivity index (χ3n) is 5.42. The molecule has 16 nitrogen and oxygen atoms in total. The number of alkyl carbamates (subject to hydrolysis) is 2. The maximum Gasteiger partial charge on any atom is 0.407 e. The highest BCUT2D eigenvalue weighted by Gasteiger charge is 2.31. The largest absolute Gasteiger partial charge is 0.460 e. The zero-order valence-electron chi connectivity index (χ0n) is 27.1. The average molecular weight is 790 g/mol. The molecule has 0 aliphatic heterocycles. The van der Waals surface area contributed by atoms with Crippen molar-refractivity contribution in [1.29, 1.82) is 0 Å². The second-order valence-electron chi connectivity index (χ2n) is 9.46. The van der Waals surface area contributed by atoms with Crippen LogP contribution >= 0.6 is 46.4 Å². The average Bonchev–Trinajstić information content (AvgIpc) is 3.07. The van der Waals surface area contributed by atoms with Gasteiger partial charge in [0, 0.05) is 11.1 Å². The highest BCUT2D eigenvalue weighted by Crippen LogP contribution is 2.42. The fourth-order valence-electron chi connectivity index (χ4n) is 3.08. The van der Waals surface area contributed by atoms with E-state index in [9.17, 15) is 28.8 Å². The van der Waals surface area contributed by atoms with Crippen molar-refractivity contribution in [2.45, 2.75) is 13.8 Å². The van der Waals surface area contributed by atoms with Crippen molar-refractivity contribution in [3.63, 3.8) is 0 Å². The predicted molar refractivity (Wildman–Crippen MR) is 179 cm³/mol. The van der Waals surface area contributed by atoms with E-state index in [2.05, 4.69) is 23.8 Å². The summed E-state index contributed by atoms with van der Waals surface area (Å²) < 4.78 is 40.2. The number of rotatable bonds is 22. The van der Waals surface area contributed by atoms with Gasteiger partial charge in [-0.3, -0.25) is 0 Å². The molecule has 50 heavy (non-hydrogen) atoms. The van der Waals surface area contributed by atoms with E-state index in [0.29, 0.717) is 0 Å². The molecule has 1 aromatic carbocycles. The summed E-state index contributed by atoms with van der Waals surface area (Å²) in [6.45, 7) is 8.50. The summed E-state index contributed by atoms with van der Waals surface area (Å²) in [6, 6.07) is 0. The summed E-state index contributed by atoms with van der Waals surface area (Å²) >= 11 is 24.6. The van der Waals surface area contributed by atoms with Crippen molar-refractivity contribution >= 4 is 82.5 Å². The van der Waals surface area contributed by atoms with Crippen molar-refractivity contribution in [1.82, 2.24) is 10.6 Å². The Morgan fingerprint density at radius 3 is 1.12 bits per heavy atom. The van der Waals surface area contributed by atoms with Gasteiger partial charge in [0.05, 0.1) is 70.7 Å². The van der Waals surface area contributed by atoms with Gasteiger partial charge in [-0.2, -0.15) is 0 Å². The first kappa shape index (κ1) is 44.2. The number of ether oxygens (including phenoxy) is 8. The standard InChI is InChI=1S/C30H36Cl4N2O14/c1-17(2)25(37)45-7-5-35-29(41)49-15-11-43-9-13-47-27(39)19-20(22(32)24(34)23(33)21(19)31)28(40)48-14-10-44-12-16-50-30(42)36-6-8-46-26(38)18(3)4/h1,3,5-16H2,2,4H3,(H,35,41)(H,36,42). The van der Waals surface area contributed by atoms with E-state index < -0.39 is 57.2 Å². The van der Waals surface area contributed by atoms with E-state index in [-0.39, 0.29) is 100 Å². The molecule has 0 unspecified atom stereocenters. The Balaban J connectivity index is 2.45. The molecule has 2 N–H and O–H groups in total. The Hall–Kier alpha value is -3.80. The van der Waals surface area contributed by atoms with E-state index in [1.807, 2.05) is 0 Å². The van der Waals surface area contributed by atoms with E-state index in [4.69, 9.17) is 84.3 Å². The maximum absolute atomic E-state index is 12.9. The van der Waals surface area contributed by atoms with Crippen LogP contribution in [-0.2, 0) is 47.5 Å². The smallest absolute Gasteiger partial charge is 0.407 e. The van der Waals surface area contributed by atoms with Crippen LogP contribution in [0.3, 0.4) is 0 Å². The molecule has 20 heteroatoms. The highest BCUT2D eigenvalue weighted by atomic mass is 35.5. The summed E-state index contributed by atoms with van der Waals surface area (Å²) in [5.41, 5.74) is -0.547. The first-order valence-electron chi connectivity index (χ1n) is 14.5. The third kappa shape index (κ3) is 16.7.